The zero-order valence-electron chi connectivity index (χ0n) is 11.3. The van der Waals surface area contributed by atoms with E-state index in [1.165, 1.54) is 0 Å². The van der Waals surface area contributed by atoms with Crippen LogP contribution < -0.4 is 5.32 Å². The second-order valence-corrected chi connectivity index (χ2v) is 6.48. The highest BCUT2D eigenvalue weighted by molar-refractivity contribution is 7.84. The van der Waals surface area contributed by atoms with Gasteiger partial charge in [0.2, 0.25) is 5.91 Å². The molecule has 1 amide bonds. The molecule has 1 aromatic rings. The molecule has 5 heteroatoms. The highest BCUT2D eigenvalue weighted by Crippen LogP contribution is 2.22. The largest absolute Gasteiger partial charge is 0.326 e. The number of amides is 1. The Labute approximate surface area is 116 Å². The van der Waals surface area contributed by atoms with Gasteiger partial charge in [-0.15, -0.1) is 0 Å². The normalized spacial score (nSPS) is 22.5. The van der Waals surface area contributed by atoms with E-state index in [4.69, 9.17) is 0 Å². The van der Waals surface area contributed by atoms with Gasteiger partial charge in [-0.05, 0) is 18.9 Å². The third kappa shape index (κ3) is 3.42. The summed E-state index contributed by atoms with van der Waals surface area (Å²) < 4.78 is 11.1. The molecule has 1 aliphatic heterocycles. The molecule has 2 rings (SSSR count). The standard InChI is InChI=1S/C14H20N2O2S/c1-11(8-9-19(2)18)16-10-15-13(14(16)17)12-6-4-3-5-7-12/h3-7,11,13,15H,8-10H2,1-2H3. The van der Waals surface area contributed by atoms with Crippen LogP contribution in [-0.2, 0) is 15.6 Å². The van der Waals surface area contributed by atoms with Crippen molar-refractivity contribution in [2.24, 2.45) is 0 Å². The van der Waals surface area contributed by atoms with Gasteiger partial charge < -0.3 is 4.90 Å². The van der Waals surface area contributed by atoms with Crippen molar-refractivity contribution in [2.75, 3.05) is 18.7 Å². The quantitative estimate of drug-likeness (QED) is 0.884. The van der Waals surface area contributed by atoms with Crippen molar-refractivity contribution in [3.63, 3.8) is 0 Å². The summed E-state index contributed by atoms with van der Waals surface area (Å²) in [5.41, 5.74) is 1.00. The summed E-state index contributed by atoms with van der Waals surface area (Å²) in [7, 11) is -0.801. The van der Waals surface area contributed by atoms with E-state index in [0.717, 1.165) is 12.0 Å². The Balaban J connectivity index is 2.00. The first-order valence-corrected chi connectivity index (χ1v) is 8.21. The van der Waals surface area contributed by atoms with Crippen LogP contribution in [0, 0.1) is 0 Å². The lowest BCUT2D eigenvalue weighted by Gasteiger charge is -2.23. The molecule has 1 fully saturated rings. The van der Waals surface area contributed by atoms with E-state index in [2.05, 4.69) is 5.32 Å². The van der Waals surface area contributed by atoms with Crippen LogP contribution in [-0.4, -0.2) is 39.7 Å². The second kappa shape index (κ2) is 6.30. The number of nitrogens with zero attached hydrogens (tertiary/aromatic N) is 1. The summed E-state index contributed by atoms with van der Waals surface area (Å²) in [5, 5.41) is 3.24. The number of hydrogen-bond donors (Lipinski definition) is 1. The molecule has 0 aromatic heterocycles. The Kier molecular flexibility index (Phi) is 4.71. The van der Waals surface area contributed by atoms with Gasteiger partial charge in [0.25, 0.3) is 0 Å². The lowest BCUT2D eigenvalue weighted by molar-refractivity contribution is -0.130. The van der Waals surface area contributed by atoms with Crippen molar-refractivity contribution in [3.05, 3.63) is 35.9 Å². The molecule has 3 atom stereocenters. The minimum atomic E-state index is -0.801. The summed E-state index contributed by atoms with van der Waals surface area (Å²) >= 11 is 0. The molecule has 4 nitrogen and oxygen atoms in total. The van der Waals surface area contributed by atoms with Crippen LogP contribution in [0.5, 0.6) is 0 Å². The van der Waals surface area contributed by atoms with E-state index in [9.17, 15) is 9.00 Å². The fourth-order valence-corrected chi connectivity index (χ4v) is 2.97. The maximum absolute atomic E-state index is 12.4. The van der Waals surface area contributed by atoms with Crippen molar-refractivity contribution >= 4 is 16.7 Å². The van der Waals surface area contributed by atoms with Crippen LogP contribution in [0.3, 0.4) is 0 Å². The molecule has 1 saturated heterocycles. The van der Waals surface area contributed by atoms with Crippen LogP contribution in [0.4, 0.5) is 0 Å². The first-order valence-electron chi connectivity index (χ1n) is 6.48. The molecule has 104 valence electrons. The van der Waals surface area contributed by atoms with Crippen LogP contribution >= 0.6 is 0 Å². The Morgan fingerprint density at radius 1 is 1.42 bits per heavy atom. The molecule has 19 heavy (non-hydrogen) atoms. The number of rotatable bonds is 5. The van der Waals surface area contributed by atoms with Crippen LogP contribution in [0.25, 0.3) is 0 Å². The minimum absolute atomic E-state index is 0.112. The Morgan fingerprint density at radius 2 is 2.11 bits per heavy atom. The molecule has 0 radical (unpaired) electrons. The first kappa shape index (κ1) is 14.2. The highest BCUT2D eigenvalue weighted by atomic mass is 32.2. The SMILES string of the molecule is CC(CCS(C)=O)N1CNC(c2ccccc2)C1=O. The summed E-state index contributed by atoms with van der Waals surface area (Å²) in [6, 6.07) is 9.64. The molecule has 1 N–H and O–H groups in total. The molecular formula is C14H20N2O2S. The lowest BCUT2D eigenvalue weighted by atomic mass is 10.1. The van der Waals surface area contributed by atoms with E-state index in [1.54, 1.807) is 6.26 Å². The molecule has 1 aliphatic rings. The van der Waals surface area contributed by atoms with Gasteiger partial charge in [-0.25, -0.2) is 0 Å². The molecule has 0 saturated carbocycles. The molecule has 1 heterocycles. The Morgan fingerprint density at radius 3 is 2.74 bits per heavy atom. The minimum Gasteiger partial charge on any atom is -0.326 e. The van der Waals surface area contributed by atoms with Crippen molar-refractivity contribution in [2.45, 2.75) is 25.4 Å². The predicted octanol–water partition coefficient (Wildman–Crippen LogP) is 1.27. The summed E-state index contributed by atoms with van der Waals surface area (Å²) in [5.74, 6) is 0.751. The molecule has 0 spiro atoms. The predicted molar refractivity (Wildman–Crippen MR) is 77.0 cm³/mol. The van der Waals surface area contributed by atoms with Gasteiger partial charge in [0.1, 0.15) is 6.04 Å². The first-order chi connectivity index (χ1) is 9.09. The number of hydrogen-bond acceptors (Lipinski definition) is 3. The highest BCUT2D eigenvalue weighted by Gasteiger charge is 2.34. The number of nitrogens with one attached hydrogen (secondary N) is 1. The average Bonchev–Trinajstić information content (AvgIpc) is 2.79. The number of benzene rings is 1. The van der Waals surface area contributed by atoms with E-state index < -0.39 is 10.8 Å². The van der Waals surface area contributed by atoms with Crippen molar-refractivity contribution in [1.82, 2.24) is 10.2 Å². The summed E-state index contributed by atoms with van der Waals surface area (Å²) in [4.78, 5) is 14.2. The third-order valence-electron chi connectivity index (χ3n) is 3.48. The van der Waals surface area contributed by atoms with E-state index in [1.807, 2.05) is 42.2 Å². The van der Waals surface area contributed by atoms with Gasteiger partial charge in [-0.1, -0.05) is 30.3 Å². The molecular weight excluding hydrogens is 260 g/mol. The number of carbonyl (C=O) groups is 1. The van der Waals surface area contributed by atoms with Gasteiger partial charge in [0.15, 0.2) is 0 Å². The van der Waals surface area contributed by atoms with Gasteiger partial charge in [0, 0.05) is 28.9 Å². The molecule has 1 aromatic carbocycles. The Bertz CT molecular complexity index is 464. The van der Waals surface area contributed by atoms with Gasteiger partial charge in [-0.2, -0.15) is 0 Å². The smallest absolute Gasteiger partial charge is 0.245 e. The van der Waals surface area contributed by atoms with Crippen LogP contribution in [0.2, 0.25) is 0 Å². The summed E-state index contributed by atoms with van der Waals surface area (Å²) in [6.45, 7) is 2.58. The monoisotopic (exact) mass is 280 g/mol. The van der Waals surface area contributed by atoms with Crippen LogP contribution in [0.15, 0.2) is 30.3 Å². The summed E-state index contributed by atoms with van der Waals surface area (Å²) in [6.07, 6.45) is 2.47. The molecule has 0 bridgehead atoms. The number of carbonyl (C=O) groups excluding carboxylic acids is 1. The van der Waals surface area contributed by atoms with E-state index in [0.29, 0.717) is 12.4 Å². The van der Waals surface area contributed by atoms with Crippen molar-refractivity contribution < 1.29 is 9.00 Å². The van der Waals surface area contributed by atoms with Crippen LogP contribution in [0.1, 0.15) is 24.9 Å². The van der Waals surface area contributed by atoms with E-state index in [-0.39, 0.29) is 18.0 Å². The van der Waals surface area contributed by atoms with Crippen molar-refractivity contribution in [1.29, 1.82) is 0 Å². The maximum Gasteiger partial charge on any atom is 0.245 e. The fourth-order valence-electron chi connectivity index (χ4n) is 2.29. The van der Waals surface area contributed by atoms with Gasteiger partial charge >= 0.3 is 0 Å². The molecule has 3 unspecified atom stereocenters. The van der Waals surface area contributed by atoms with E-state index >= 15 is 0 Å². The zero-order valence-corrected chi connectivity index (χ0v) is 12.2. The Hall–Kier alpha value is -1.20. The van der Waals surface area contributed by atoms with Gasteiger partial charge in [-0.3, -0.25) is 14.3 Å². The maximum atomic E-state index is 12.4. The van der Waals surface area contributed by atoms with Gasteiger partial charge in [0.05, 0.1) is 6.67 Å². The fraction of sp³-hybridized carbons (Fsp3) is 0.500. The third-order valence-corrected chi connectivity index (χ3v) is 4.29. The van der Waals surface area contributed by atoms with Crippen molar-refractivity contribution in [3.8, 4) is 0 Å². The second-order valence-electron chi connectivity index (χ2n) is 4.93. The topological polar surface area (TPSA) is 49.4 Å². The molecule has 0 aliphatic carbocycles. The average molecular weight is 280 g/mol. The lowest BCUT2D eigenvalue weighted by Crippen LogP contribution is -2.36. The zero-order chi connectivity index (χ0) is 13.8.